The minimum absolute atomic E-state index is 0.701. The van der Waals surface area contributed by atoms with E-state index in [0.717, 1.165) is 32.5 Å². The van der Waals surface area contributed by atoms with Crippen molar-refractivity contribution < 1.29 is 0 Å². The van der Waals surface area contributed by atoms with Gasteiger partial charge >= 0.3 is 0 Å². The quantitative estimate of drug-likeness (QED) is 0.183. The molecular weight excluding hydrogens is 649 g/mol. The van der Waals surface area contributed by atoms with Gasteiger partial charge in [0.2, 0.25) is 5.95 Å². The Kier molecular flexibility index (Phi) is 4.62. The average molecular weight is 671 g/mol. The topological polar surface area (TPSA) is 35.1 Å². The molecule has 0 N–H and O–H groups in total. The molecule has 6 heterocycles. The van der Waals surface area contributed by atoms with Gasteiger partial charge in [0.1, 0.15) is 4.83 Å². The normalized spacial score (nSPS) is 12.8. The van der Waals surface area contributed by atoms with Crippen molar-refractivity contribution in [2.75, 3.05) is 0 Å². The summed E-state index contributed by atoms with van der Waals surface area (Å²) >= 11 is 3.64. The molecule has 0 radical (unpaired) electrons. The molecule has 6 aromatic heterocycles. The van der Waals surface area contributed by atoms with Crippen LogP contribution in [0.3, 0.4) is 0 Å². The van der Waals surface area contributed by atoms with Crippen molar-refractivity contribution in [3.8, 4) is 17.2 Å². The highest BCUT2D eigenvalue weighted by atomic mass is 32.1. The first-order valence-corrected chi connectivity index (χ1v) is 18.5. The van der Waals surface area contributed by atoms with Crippen molar-refractivity contribution in [2.45, 2.75) is 0 Å². The van der Waals surface area contributed by atoms with Crippen LogP contribution in [0.1, 0.15) is 0 Å². The van der Waals surface area contributed by atoms with Crippen LogP contribution in [0, 0.1) is 0 Å². The maximum Gasteiger partial charge on any atom is 0.236 e. The largest absolute Gasteiger partial charge is 0.308 e. The number of benzene rings is 7. The maximum absolute atomic E-state index is 5.55. The van der Waals surface area contributed by atoms with Gasteiger partial charge in [-0.05, 0) is 59.3 Å². The Balaban J connectivity index is 1.24. The fourth-order valence-corrected chi connectivity index (χ4v) is 11.0. The summed E-state index contributed by atoms with van der Waals surface area (Å²) in [6, 6.07) is 48.7. The predicted molar refractivity (Wildman–Crippen MR) is 213 cm³/mol. The highest BCUT2D eigenvalue weighted by Crippen LogP contribution is 2.50. The van der Waals surface area contributed by atoms with Crippen LogP contribution < -0.4 is 0 Å². The Morgan fingerprint density at radius 1 is 0.440 bits per heavy atom. The molecule has 0 aliphatic heterocycles. The lowest BCUT2D eigenvalue weighted by Crippen LogP contribution is -2.02. The summed E-state index contributed by atoms with van der Waals surface area (Å²) in [5, 5.41) is 12.5. The van der Waals surface area contributed by atoms with Crippen molar-refractivity contribution >= 4 is 123 Å². The van der Waals surface area contributed by atoms with E-state index in [1.165, 1.54) is 79.1 Å². The number of hydrogen-bond acceptors (Lipinski definition) is 4. The highest BCUT2D eigenvalue weighted by Gasteiger charge is 2.27. The van der Waals surface area contributed by atoms with Crippen molar-refractivity contribution in [1.29, 1.82) is 0 Å². The zero-order chi connectivity index (χ0) is 32.2. The van der Waals surface area contributed by atoms with Crippen molar-refractivity contribution in [2.24, 2.45) is 0 Å². The fourth-order valence-electron chi connectivity index (χ4n) is 8.84. The minimum atomic E-state index is 0.701. The van der Waals surface area contributed by atoms with Gasteiger partial charge in [0.15, 0.2) is 0 Å². The Bertz CT molecular complexity index is 3560. The molecule has 230 valence electrons. The lowest BCUT2D eigenvalue weighted by atomic mass is 10.0. The Morgan fingerprint density at radius 2 is 1.20 bits per heavy atom. The van der Waals surface area contributed by atoms with Crippen LogP contribution in [0.25, 0.3) is 118 Å². The van der Waals surface area contributed by atoms with E-state index >= 15 is 0 Å². The molecule has 0 spiro atoms. The molecule has 7 aromatic carbocycles. The van der Waals surface area contributed by atoms with Crippen LogP contribution in [-0.2, 0) is 0 Å². The summed E-state index contributed by atoms with van der Waals surface area (Å²) in [5.41, 5.74) is 8.06. The molecule has 0 fully saturated rings. The first-order chi connectivity index (χ1) is 24.8. The van der Waals surface area contributed by atoms with E-state index < -0.39 is 0 Å². The summed E-state index contributed by atoms with van der Waals surface area (Å²) in [6.07, 6.45) is 0. The molecule has 0 saturated carbocycles. The van der Waals surface area contributed by atoms with Crippen LogP contribution >= 0.6 is 22.7 Å². The molecule has 0 unspecified atom stereocenters. The van der Waals surface area contributed by atoms with E-state index in [0.29, 0.717) is 5.95 Å². The number of fused-ring (bicyclic) bond motifs is 8. The molecule has 4 nitrogen and oxygen atoms in total. The van der Waals surface area contributed by atoms with Gasteiger partial charge in [0.05, 0.1) is 33.3 Å². The van der Waals surface area contributed by atoms with E-state index in [2.05, 4.69) is 142 Å². The standard InChI is InChI=1S/C44H22N4S2/c1-2-9-24-22-25(17-16-23(24)8-1)41-36-28-11-4-6-15-33(28)50-43(36)46-44(45-41)48-31-14-7-13-30-37(31)38-32(48)19-21-34-39(38)40-35(49-34)20-18-27-26-10-3-5-12-29(26)47(30)42(27)40/h1-22H. The molecule has 0 amide bonds. The molecule has 13 rings (SSSR count). The predicted octanol–water partition coefficient (Wildman–Crippen LogP) is 12.6. The Hall–Kier alpha value is -6.08. The van der Waals surface area contributed by atoms with Gasteiger partial charge in [-0.3, -0.25) is 4.57 Å². The molecular formula is C44H22N4S2. The highest BCUT2D eigenvalue weighted by molar-refractivity contribution is 7.26. The van der Waals surface area contributed by atoms with Gasteiger partial charge in [-0.25, -0.2) is 9.97 Å². The summed E-state index contributed by atoms with van der Waals surface area (Å²) < 4.78 is 8.69. The zero-order valence-corrected chi connectivity index (χ0v) is 27.9. The number of thiophene rings is 2. The Labute approximate surface area is 291 Å². The number of nitrogens with zero attached hydrogens (tertiary/aromatic N) is 4. The van der Waals surface area contributed by atoms with E-state index in [-0.39, 0.29) is 0 Å². The molecule has 6 heteroatoms. The summed E-state index contributed by atoms with van der Waals surface area (Å²) in [5.74, 6) is 0.701. The SMILES string of the molecule is c1ccc2cc(-c3nc(-n4c5ccc6sc7ccc8c9ccccc9n9c%10cccc4c%10c5c6c7c89)nc4sc5ccccc5c34)ccc2c1. The van der Waals surface area contributed by atoms with Crippen LogP contribution in [0.15, 0.2) is 133 Å². The van der Waals surface area contributed by atoms with Crippen molar-refractivity contribution in [3.05, 3.63) is 133 Å². The van der Waals surface area contributed by atoms with Crippen molar-refractivity contribution in [1.82, 2.24) is 18.9 Å². The smallest absolute Gasteiger partial charge is 0.236 e. The number of rotatable bonds is 2. The average Bonchev–Trinajstić information content (AvgIpc) is 3.89. The molecule has 0 atom stereocenters. The van der Waals surface area contributed by atoms with E-state index in [9.17, 15) is 0 Å². The second kappa shape index (κ2) is 8.93. The lowest BCUT2D eigenvalue weighted by molar-refractivity contribution is 1.02. The summed E-state index contributed by atoms with van der Waals surface area (Å²) in [4.78, 5) is 12.0. The van der Waals surface area contributed by atoms with Crippen LogP contribution in [0.5, 0.6) is 0 Å². The third-order valence-electron chi connectivity index (χ3n) is 10.9. The van der Waals surface area contributed by atoms with Crippen LogP contribution in [-0.4, -0.2) is 18.9 Å². The van der Waals surface area contributed by atoms with Gasteiger partial charge in [-0.2, -0.15) is 0 Å². The second-order valence-electron chi connectivity index (χ2n) is 13.3. The van der Waals surface area contributed by atoms with E-state index in [4.69, 9.17) is 9.97 Å². The van der Waals surface area contributed by atoms with Gasteiger partial charge in [0.25, 0.3) is 0 Å². The van der Waals surface area contributed by atoms with Gasteiger partial charge in [-0.1, -0.05) is 84.9 Å². The second-order valence-corrected chi connectivity index (χ2v) is 15.5. The fraction of sp³-hybridized carbons (Fsp3) is 0. The molecule has 0 bridgehead atoms. The van der Waals surface area contributed by atoms with Gasteiger partial charge < -0.3 is 4.40 Å². The first kappa shape index (κ1) is 25.9. The van der Waals surface area contributed by atoms with Crippen LogP contribution in [0.2, 0.25) is 0 Å². The number of para-hydroxylation sites is 1. The molecule has 13 aromatic rings. The third kappa shape index (κ3) is 3.04. The molecule has 50 heavy (non-hydrogen) atoms. The summed E-state index contributed by atoms with van der Waals surface area (Å²) in [6.45, 7) is 0. The Morgan fingerprint density at radius 3 is 2.16 bits per heavy atom. The van der Waals surface area contributed by atoms with Gasteiger partial charge in [0, 0.05) is 62.8 Å². The number of hydrogen-bond donors (Lipinski definition) is 0. The molecule has 0 aliphatic rings. The third-order valence-corrected chi connectivity index (χ3v) is 13.0. The maximum atomic E-state index is 5.55. The first-order valence-electron chi connectivity index (χ1n) is 16.8. The number of aromatic nitrogens is 4. The van der Waals surface area contributed by atoms with E-state index in [1.54, 1.807) is 11.3 Å². The molecule has 0 saturated heterocycles. The molecule has 0 aliphatic carbocycles. The summed E-state index contributed by atoms with van der Waals surface area (Å²) in [7, 11) is 0. The van der Waals surface area contributed by atoms with E-state index in [1.807, 2.05) is 11.3 Å². The lowest BCUT2D eigenvalue weighted by Gasteiger charge is -2.11. The monoisotopic (exact) mass is 670 g/mol. The van der Waals surface area contributed by atoms with Crippen LogP contribution in [0.4, 0.5) is 0 Å². The van der Waals surface area contributed by atoms with Gasteiger partial charge in [-0.15, -0.1) is 22.7 Å². The minimum Gasteiger partial charge on any atom is -0.308 e. The zero-order valence-electron chi connectivity index (χ0n) is 26.3. The van der Waals surface area contributed by atoms with Crippen molar-refractivity contribution in [3.63, 3.8) is 0 Å².